The molecule has 2 aliphatic rings. The average molecular weight is 267 g/mol. The standard InChI is InChI=1S/C15H29N3O/c1-5-7-14-16-12(6-2)15(19)18(14)13-8-9-17(4)10-11(13)3/h11-14,16H,5-10H2,1-4H3. The zero-order chi connectivity index (χ0) is 14.0. The molecule has 0 radical (unpaired) electrons. The summed E-state index contributed by atoms with van der Waals surface area (Å²) >= 11 is 0. The van der Waals surface area contributed by atoms with Gasteiger partial charge in [0.1, 0.15) is 0 Å². The number of carbonyl (C=O) groups is 1. The normalized spacial score (nSPS) is 37.1. The molecule has 19 heavy (non-hydrogen) atoms. The maximum atomic E-state index is 12.6. The lowest BCUT2D eigenvalue weighted by atomic mass is 9.92. The summed E-state index contributed by atoms with van der Waals surface area (Å²) in [5.74, 6) is 0.904. The lowest BCUT2D eigenvalue weighted by Crippen LogP contribution is -2.53. The molecule has 0 spiro atoms. The van der Waals surface area contributed by atoms with Gasteiger partial charge in [-0.15, -0.1) is 0 Å². The van der Waals surface area contributed by atoms with Crippen LogP contribution in [0.5, 0.6) is 0 Å². The van der Waals surface area contributed by atoms with Gasteiger partial charge in [-0.3, -0.25) is 10.1 Å². The third-order valence-corrected chi connectivity index (χ3v) is 4.67. The molecule has 4 heteroatoms. The van der Waals surface area contributed by atoms with Gasteiger partial charge in [-0.25, -0.2) is 0 Å². The smallest absolute Gasteiger partial charge is 0.241 e. The molecule has 1 amide bonds. The SMILES string of the molecule is CCCC1NC(CC)C(=O)N1C1CCN(C)CC1C. The van der Waals surface area contributed by atoms with Crippen LogP contribution in [-0.2, 0) is 4.79 Å². The molecule has 0 saturated carbocycles. The first-order chi connectivity index (χ1) is 9.08. The molecule has 2 aliphatic heterocycles. The summed E-state index contributed by atoms with van der Waals surface area (Å²) in [5.41, 5.74) is 0. The van der Waals surface area contributed by atoms with Crippen LogP contribution in [0.1, 0.15) is 46.5 Å². The van der Waals surface area contributed by atoms with Crippen LogP contribution >= 0.6 is 0 Å². The Balaban J connectivity index is 2.12. The van der Waals surface area contributed by atoms with E-state index in [1.54, 1.807) is 0 Å². The van der Waals surface area contributed by atoms with Crippen molar-refractivity contribution in [1.29, 1.82) is 0 Å². The monoisotopic (exact) mass is 267 g/mol. The van der Waals surface area contributed by atoms with Gasteiger partial charge in [0, 0.05) is 12.6 Å². The van der Waals surface area contributed by atoms with Gasteiger partial charge >= 0.3 is 0 Å². The summed E-state index contributed by atoms with van der Waals surface area (Å²) in [4.78, 5) is 17.2. The van der Waals surface area contributed by atoms with Crippen LogP contribution in [0.3, 0.4) is 0 Å². The molecule has 4 unspecified atom stereocenters. The highest BCUT2D eigenvalue weighted by atomic mass is 16.2. The second-order valence-corrected chi connectivity index (χ2v) is 6.27. The number of piperidine rings is 1. The Hall–Kier alpha value is -0.610. The summed E-state index contributed by atoms with van der Waals surface area (Å²) in [7, 11) is 2.18. The van der Waals surface area contributed by atoms with Gasteiger partial charge in [0.05, 0.1) is 12.2 Å². The van der Waals surface area contributed by atoms with Crippen LogP contribution in [0, 0.1) is 5.92 Å². The fourth-order valence-electron chi connectivity index (χ4n) is 3.66. The van der Waals surface area contributed by atoms with E-state index in [0.717, 1.165) is 38.8 Å². The molecule has 0 aromatic rings. The molecule has 2 rings (SSSR count). The Morgan fingerprint density at radius 3 is 2.68 bits per heavy atom. The first-order valence-electron chi connectivity index (χ1n) is 7.85. The van der Waals surface area contributed by atoms with E-state index in [0.29, 0.717) is 17.9 Å². The van der Waals surface area contributed by atoms with E-state index in [1.165, 1.54) is 0 Å². The van der Waals surface area contributed by atoms with Crippen molar-refractivity contribution in [3.05, 3.63) is 0 Å². The van der Waals surface area contributed by atoms with E-state index in [9.17, 15) is 4.79 Å². The molecule has 0 aromatic heterocycles. The highest BCUT2D eigenvalue weighted by Crippen LogP contribution is 2.28. The zero-order valence-corrected chi connectivity index (χ0v) is 12.9. The van der Waals surface area contributed by atoms with Crippen LogP contribution in [0.4, 0.5) is 0 Å². The summed E-state index contributed by atoms with van der Waals surface area (Å²) in [6, 6.07) is 0.465. The summed E-state index contributed by atoms with van der Waals surface area (Å²) in [5, 5.41) is 3.53. The summed E-state index contributed by atoms with van der Waals surface area (Å²) in [6.07, 6.45) is 4.47. The molecule has 1 N–H and O–H groups in total. The quantitative estimate of drug-likeness (QED) is 0.841. The molecular formula is C15H29N3O. The van der Waals surface area contributed by atoms with Crippen molar-refractivity contribution in [3.8, 4) is 0 Å². The van der Waals surface area contributed by atoms with E-state index in [1.807, 2.05) is 0 Å². The first-order valence-corrected chi connectivity index (χ1v) is 7.85. The maximum absolute atomic E-state index is 12.6. The summed E-state index contributed by atoms with van der Waals surface area (Å²) < 4.78 is 0. The average Bonchev–Trinajstić information content (AvgIpc) is 2.67. The molecule has 4 nitrogen and oxygen atoms in total. The highest BCUT2D eigenvalue weighted by molar-refractivity contribution is 5.84. The van der Waals surface area contributed by atoms with Gasteiger partial charge < -0.3 is 9.80 Å². The van der Waals surface area contributed by atoms with Gasteiger partial charge in [0.2, 0.25) is 5.91 Å². The first kappa shape index (κ1) is 14.8. The lowest BCUT2D eigenvalue weighted by Gasteiger charge is -2.42. The van der Waals surface area contributed by atoms with Crippen molar-refractivity contribution in [2.75, 3.05) is 20.1 Å². The van der Waals surface area contributed by atoms with Crippen molar-refractivity contribution < 1.29 is 4.79 Å². The van der Waals surface area contributed by atoms with Crippen LogP contribution < -0.4 is 5.32 Å². The minimum Gasteiger partial charge on any atom is -0.322 e. The number of hydrogen-bond acceptors (Lipinski definition) is 3. The molecule has 110 valence electrons. The molecule has 4 atom stereocenters. The largest absolute Gasteiger partial charge is 0.322 e. The third kappa shape index (κ3) is 2.95. The number of nitrogens with one attached hydrogen (secondary N) is 1. The van der Waals surface area contributed by atoms with Gasteiger partial charge in [0.25, 0.3) is 0 Å². The third-order valence-electron chi connectivity index (χ3n) is 4.67. The Labute approximate surface area is 117 Å². The van der Waals surface area contributed by atoms with E-state index in [4.69, 9.17) is 0 Å². The Bertz CT molecular complexity index is 321. The van der Waals surface area contributed by atoms with Crippen molar-refractivity contribution in [1.82, 2.24) is 15.1 Å². The summed E-state index contributed by atoms with van der Waals surface area (Å²) in [6.45, 7) is 8.79. The van der Waals surface area contributed by atoms with E-state index in [2.05, 4.69) is 42.9 Å². The zero-order valence-electron chi connectivity index (χ0n) is 12.9. The number of carbonyl (C=O) groups excluding carboxylic acids is 1. The minimum absolute atomic E-state index is 0.0448. The van der Waals surface area contributed by atoms with E-state index >= 15 is 0 Å². The number of amides is 1. The maximum Gasteiger partial charge on any atom is 0.241 e. The van der Waals surface area contributed by atoms with Crippen molar-refractivity contribution in [2.45, 2.75) is 64.7 Å². The van der Waals surface area contributed by atoms with Crippen LogP contribution in [-0.4, -0.2) is 54.1 Å². The topological polar surface area (TPSA) is 35.6 Å². The van der Waals surface area contributed by atoms with Crippen molar-refractivity contribution >= 4 is 5.91 Å². The van der Waals surface area contributed by atoms with Crippen LogP contribution in [0.25, 0.3) is 0 Å². The molecule has 2 heterocycles. The van der Waals surface area contributed by atoms with Gasteiger partial charge in [0.15, 0.2) is 0 Å². The molecule has 0 aromatic carbocycles. The predicted octanol–water partition coefficient (Wildman–Crippen LogP) is 1.66. The second kappa shape index (κ2) is 6.23. The van der Waals surface area contributed by atoms with Crippen molar-refractivity contribution in [3.63, 3.8) is 0 Å². The Morgan fingerprint density at radius 2 is 2.11 bits per heavy atom. The predicted molar refractivity (Wildman–Crippen MR) is 77.8 cm³/mol. The fraction of sp³-hybridized carbons (Fsp3) is 0.933. The number of rotatable bonds is 4. The Kier molecular flexibility index (Phi) is 4.85. The van der Waals surface area contributed by atoms with Gasteiger partial charge in [-0.05, 0) is 38.8 Å². The van der Waals surface area contributed by atoms with Crippen molar-refractivity contribution in [2.24, 2.45) is 5.92 Å². The number of likely N-dealkylation sites (tertiary alicyclic amines) is 1. The Morgan fingerprint density at radius 1 is 1.37 bits per heavy atom. The van der Waals surface area contributed by atoms with E-state index in [-0.39, 0.29) is 12.2 Å². The molecular weight excluding hydrogens is 238 g/mol. The molecule has 0 aliphatic carbocycles. The van der Waals surface area contributed by atoms with Gasteiger partial charge in [-0.1, -0.05) is 27.2 Å². The molecule has 2 saturated heterocycles. The fourth-order valence-corrected chi connectivity index (χ4v) is 3.66. The molecule has 2 fully saturated rings. The lowest BCUT2D eigenvalue weighted by molar-refractivity contribution is -0.134. The molecule has 0 bridgehead atoms. The number of nitrogens with zero attached hydrogens (tertiary/aromatic N) is 2. The van der Waals surface area contributed by atoms with E-state index < -0.39 is 0 Å². The minimum atomic E-state index is 0.0448. The second-order valence-electron chi connectivity index (χ2n) is 6.27. The van der Waals surface area contributed by atoms with Crippen LogP contribution in [0.2, 0.25) is 0 Å². The van der Waals surface area contributed by atoms with Gasteiger partial charge in [-0.2, -0.15) is 0 Å². The highest BCUT2D eigenvalue weighted by Gasteiger charge is 2.43. The van der Waals surface area contributed by atoms with Crippen LogP contribution in [0.15, 0.2) is 0 Å². The number of hydrogen-bond donors (Lipinski definition) is 1.